The number of hydrogen-bond donors (Lipinski definition) is 0. The summed E-state index contributed by atoms with van der Waals surface area (Å²) in [5.74, 6) is -0.351. The Balaban J connectivity index is 0.000000253. The highest BCUT2D eigenvalue weighted by Gasteiger charge is 2.32. The first-order chi connectivity index (χ1) is 13.6. The SMILES string of the molecule is COC(=O)COc1cc2c(c(Cl)c1Cl)C(=O)C(C)C2.FC(F)(F)c1ccccc1. The first-order valence-corrected chi connectivity index (χ1v) is 9.18. The lowest BCUT2D eigenvalue weighted by atomic mass is 10.1. The van der Waals surface area contributed by atoms with E-state index in [2.05, 4.69) is 4.74 Å². The van der Waals surface area contributed by atoms with Gasteiger partial charge in [-0.15, -0.1) is 0 Å². The molecule has 0 radical (unpaired) electrons. The van der Waals surface area contributed by atoms with Crippen LogP contribution in [0, 0.1) is 5.92 Å². The summed E-state index contributed by atoms with van der Waals surface area (Å²) < 4.78 is 45.1. The van der Waals surface area contributed by atoms with Gasteiger partial charge in [0.15, 0.2) is 12.4 Å². The summed E-state index contributed by atoms with van der Waals surface area (Å²) in [7, 11) is 1.27. The number of hydrogen-bond acceptors (Lipinski definition) is 4. The van der Waals surface area contributed by atoms with Crippen molar-refractivity contribution in [3.63, 3.8) is 0 Å². The van der Waals surface area contributed by atoms with Crippen molar-refractivity contribution in [3.05, 3.63) is 63.1 Å². The van der Waals surface area contributed by atoms with Crippen molar-refractivity contribution in [2.45, 2.75) is 19.5 Å². The van der Waals surface area contributed by atoms with Crippen LogP contribution in [0.25, 0.3) is 0 Å². The first kappa shape index (κ1) is 23.0. The van der Waals surface area contributed by atoms with Crippen LogP contribution in [-0.2, 0) is 22.1 Å². The number of carbonyl (C=O) groups is 2. The first-order valence-electron chi connectivity index (χ1n) is 8.43. The molecule has 0 fully saturated rings. The molecule has 2 aromatic rings. The Morgan fingerprint density at radius 1 is 1.17 bits per heavy atom. The second-order valence-electron chi connectivity index (χ2n) is 6.23. The molecule has 0 saturated carbocycles. The number of fused-ring (bicyclic) bond motifs is 1. The van der Waals surface area contributed by atoms with Crippen LogP contribution in [0.2, 0.25) is 10.0 Å². The summed E-state index contributed by atoms with van der Waals surface area (Å²) in [6.45, 7) is 1.58. The van der Waals surface area contributed by atoms with E-state index < -0.39 is 17.7 Å². The number of esters is 1. The summed E-state index contributed by atoms with van der Waals surface area (Å²) in [5, 5.41) is 0.333. The molecule has 0 saturated heterocycles. The summed E-state index contributed by atoms with van der Waals surface area (Å²) in [5.41, 5.74) is 0.659. The standard InChI is InChI=1S/C13H12Cl2O4.C7H5F3/c1-6-3-7-4-8(19-5-9(16)18-2)11(14)12(15)10(7)13(6)17;8-7(9,10)6-4-2-1-3-5-6/h4,6H,3,5H2,1-2H3;1-5H. The molecule has 156 valence electrons. The van der Waals surface area contributed by atoms with Crippen LogP contribution in [0.3, 0.4) is 0 Å². The van der Waals surface area contributed by atoms with Crippen molar-refractivity contribution in [2.24, 2.45) is 5.92 Å². The van der Waals surface area contributed by atoms with E-state index in [1.54, 1.807) is 12.1 Å². The van der Waals surface area contributed by atoms with Gasteiger partial charge in [-0.25, -0.2) is 4.79 Å². The number of methoxy groups -OCH3 is 1. The summed E-state index contributed by atoms with van der Waals surface area (Å²) >= 11 is 12.2. The van der Waals surface area contributed by atoms with E-state index in [0.717, 1.165) is 17.7 Å². The Labute approximate surface area is 175 Å². The van der Waals surface area contributed by atoms with Crippen LogP contribution >= 0.6 is 23.2 Å². The molecule has 1 aliphatic carbocycles. The van der Waals surface area contributed by atoms with E-state index in [1.165, 1.54) is 19.2 Å². The minimum absolute atomic E-state index is 0.0126. The third-order valence-corrected chi connectivity index (χ3v) is 5.00. The van der Waals surface area contributed by atoms with Gasteiger partial charge >= 0.3 is 12.1 Å². The van der Waals surface area contributed by atoms with Crippen molar-refractivity contribution in [1.82, 2.24) is 0 Å². The number of ether oxygens (including phenoxy) is 2. The van der Waals surface area contributed by atoms with Gasteiger partial charge in [-0.1, -0.05) is 60.5 Å². The van der Waals surface area contributed by atoms with Crippen LogP contribution < -0.4 is 4.74 Å². The number of Topliss-reactive ketones (excluding diaryl/α,β-unsaturated/α-hetero) is 1. The predicted molar refractivity (Wildman–Crippen MR) is 103 cm³/mol. The average molecular weight is 449 g/mol. The van der Waals surface area contributed by atoms with Gasteiger partial charge in [-0.2, -0.15) is 13.2 Å². The Hall–Kier alpha value is -2.25. The van der Waals surface area contributed by atoms with Gasteiger partial charge in [-0.05, 0) is 18.1 Å². The number of benzene rings is 2. The van der Waals surface area contributed by atoms with E-state index >= 15 is 0 Å². The molecule has 0 aliphatic heterocycles. The van der Waals surface area contributed by atoms with E-state index in [9.17, 15) is 22.8 Å². The zero-order valence-corrected chi connectivity index (χ0v) is 17.0. The van der Waals surface area contributed by atoms with Crippen molar-refractivity contribution in [3.8, 4) is 5.75 Å². The summed E-state index contributed by atoms with van der Waals surface area (Å²) in [6.07, 6.45) is -3.61. The molecular formula is C20H17Cl2F3O4. The van der Waals surface area contributed by atoms with Crippen molar-refractivity contribution < 1.29 is 32.2 Å². The topological polar surface area (TPSA) is 52.6 Å². The third kappa shape index (κ3) is 5.64. The normalized spacial score (nSPS) is 15.3. The summed E-state index contributed by atoms with van der Waals surface area (Å²) in [4.78, 5) is 23.0. The highest BCUT2D eigenvalue weighted by atomic mass is 35.5. The quantitative estimate of drug-likeness (QED) is 0.571. The number of ketones is 1. The minimum Gasteiger partial charge on any atom is -0.480 e. The lowest BCUT2D eigenvalue weighted by molar-refractivity contribution is -0.143. The molecule has 1 atom stereocenters. The second kappa shape index (κ2) is 9.50. The average Bonchev–Trinajstić information content (AvgIpc) is 2.97. The maximum Gasteiger partial charge on any atom is 0.416 e. The van der Waals surface area contributed by atoms with Crippen LogP contribution in [0.1, 0.15) is 28.4 Å². The fraction of sp³-hybridized carbons (Fsp3) is 0.300. The van der Waals surface area contributed by atoms with Gasteiger partial charge in [0, 0.05) is 11.5 Å². The molecule has 0 spiro atoms. The monoisotopic (exact) mass is 448 g/mol. The fourth-order valence-electron chi connectivity index (χ4n) is 2.68. The Kier molecular flexibility index (Phi) is 7.54. The number of halogens is 5. The largest absolute Gasteiger partial charge is 0.480 e. The molecular weight excluding hydrogens is 432 g/mol. The van der Waals surface area contributed by atoms with Gasteiger partial charge in [0.05, 0.1) is 17.7 Å². The fourth-order valence-corrected chi connectivity index (χ4v) is 3.19. The molecule has 9 heteroatoms. The van der Waals surface area contributed by atoms with E-state index in [1.807, 2.05) is 6.92 Å². The van der Waals surface area contributed by atoms with Gasteiger partial charge in [0.1, 0.15) is 10.8 Å². The molecule has 1 unspecified atom stereocenters. The maximum atomic E-state index is 11.9. The molecule has 0 amide bonds. The van der Waals surface area contributed by atoms with Crippen LogP contribution in [0.15, 0.2) is 36.4 Å². The number of rotatable bonds is 3. The van der Waals surface area contributed by atoms with E-state index in [-0.39, 0.29) is 34.1 Å². The Morgan fingerprint density at radius 3 is 2.31 bits per heavy atom. The van der Waals surface area contributed by atoms with E-state index in [4.69, 9.17) is 27.9 Å². The van der Waals surface area contributed by atoms with Crippen molar-refractivity contribution >= 4 is 35.0 Å². The molecule has 0 bridgehead atoms. The maximum absolute atomic E-state index is 11.9. The summed E-state index contributed by atoms with van der Waals surface area (Å²) in [6, 6.07) is 8.02. The molecule has 2 aromatic carbocycles. The smallest absolute Gasteiger partial charge is 0.416 e. The molecule has 0 aromatic heterocycles. The predicted octanol–water partition coefficient (Wildman–Crippen LogP) is 5.63. The van der Waals surface area contributed by atoms with Gasteiger partial charge in [0.25, 0.3) is 0 Å². The number of carbonyl (C=O) groups excluding carboxylic acids is 2. The van der Waals surface area contributed by atoms with Crippen molar-refractivity contribution in [2.75, 3.05) is 13.7 Å². The molecule has 3 rings (SSSR count). The second-order valence-corrected chi connectivity index (χ2v) is 6.99. The van der Waals surface area contributed by atoms with Crippen LogP contribution in [0.4, 0.5) is 13.2 Å². The highest BCUT2D eigenvalue weighted by molar-refractivity contribution is 6.45. The van der Waals surface area contributed by atoms with Crippen molar-refractivity contribution in [1.29, 1.82) is 0 Å². The highest BCUT2D eigenvalue weighted by Crippen LogP contribution is 2.42. The lowest BCUT2D eigenvalue weighted by Crippen LogP contribution is -2.13. The van der Waals surface area contributed by atoms with Gasteiger partial charge in [0.2, 0.25) is 0 Å². The van der Waals surface area contributed by atoms with Gasteiger partial charge < -0.3 is 9.47 Å². The van der Waals surface area contributed by atoms with Crippen LogP contribution in [0.5, 0.6) is 5.75 Å². The Morgan fingerprint density at radius 2 is 1.79 bits per heavy atom. The van der Waals surface area contributed by atoms with Gasteiger partial charge in [-0.3, -0.25) is 4.79 Å². The number of alkyl halides is 3. The zero-order valence-electron chi connectivity index (χ0n) is 15.5. The third-order valence-electron chi connectivity index (χ3n) is 4.15. The Bertz CT molecular complexity index is 899. The minimum atomic E-state index is -4.21. The molecule has 1 aliphatic rings. The van der Waals surface area contributed by atoms with E-state index in [0.29, 0.717) is 12.0 Å². The molecule has 0 heterocycles. The molecule has 0 N–H and O–H groups in total. The zero-order chi connectivity index (χ0) is 21.8. The lowest BCUT2D eigenvalue weighted by Gasteiger charge is -2.11. The van der Waals surface area contributed by atoms with Crippen LogP contribution in [-0.4, -0.2) is 25.5 Å². The molecule has 29 heavy (non-hydrogen) atoms. The molecule has 4 nitrogen and oxygen atoms in total.